The number of hydrogen-bond donors (Lipinski definition) is 4. The van der Waals surface area contributed by atoms with Crippen molar-refractivity contribution in [2.24, 2.45) is 28.6 Å². The van der Waals surface area contributed by atoms with Crippen LogP contribution in [0, 0.1) is 28.6 Å². The lowest BCUT2D eigenvalue weighted by molar-refractivity contribution is -0.264. The molecule has 0 saturated heterocycles. The summed E-state index contributed by atoms with van der Waals surface area (Å²) in [6.07, 6.45) is 2.48. The van der Waals surface area contributed by atoms with Crippen molar-refractivity contribution < 1.29 is 34.8 Å². The Morgan fingerprint density at radius 1 is 1.13 bits per heavy atom. The molecule has 0 heterocycles. The maximum absolute atomic E-state index is 11.6. The van der Waals surface area contributed by atoms with Gasteiger partial charge in [0.1, 0.15) is 6.10 Å². The number of carbonyl (C=O) groups excluding carboxylic acids is 1. The maximum Gasteiger partial charge on any atom is 0.306 e. The minimum absolute atomic E-state index is 0.0788. The van der Waals surface area contributed by atoms with E-state index in [4.69, 9.17) is 9.84 Å². The third kappa shape index (κ3) is 5.25. The first-order chi connectivity index (χ1) is 14.3. The van der Waals surface area contributed by atoms with Crippen LogP contribution in [-0.4, -0.2) is 56.8 Å². The van der Waals surface area contributed by atoms with Crippen LogP contribution in [0.15, 0.2) is 0 Å². The van der Waals surface area contributed by atoms with Gasteiger partial charge < -0.3 is 25.2 Å². The Kier molecular flexibility index (Phi) is 8.20. The Morgan fingerprint density at radius 3 is 2.39 bits per heavy atom. The number of esters is 1. The number of aliphatic carboxylic acids is 1. The van der Waals surface area contributed by atoms with Crippen LogP contribution in [0.4, 0.5) is 0 Å². The molecule has 0 aliphatic heterocycles. The number of hydrogen-bond acceptors (Lipinski definition) is 6. The smallest absolute Gasteiger partial charge is 0.306 e. The number of aliphatic hydroxyl groups is 3. The van der Waals surface area contributed by atoms with Gasteiger partial charge in [-0.1, -0.05) is 34.1 Å². The molecule has 0 spiro atoms. The van der Waals surface area contributed by atoms with Gasteiger partial charge in [-0.3, -0.25) is 9.59 Å². The van der Waals surface area contributed by atoms with E-state index in [1.165, 1.54) is 0 Å². The average Bonchev–Trinajstić information content (AvgIpc) is 2.69. The van der Waals surface area contributed by atoms with Gasteiger partial charge in [-0.2, -0.15) is 0 Å². The van der Waals surface area contributed by atoms with Crippen molar-refractivity contribution in [3.05, 3.63) is 0 Å². The predicted octanol–water partition coefficient (Wildman–Crippen LogP) is 3.14. The van der Waals surface area contributed by atoms with Gasteiger partial charge in [0.15, 0.2) is 0 Å². The summed E-state index contributed by atoms with van der Waals surface area (Å²) in [4.78, 5) is 22.1. The first-order valence-corrected chi connectivity index (χ1v) is 11.7. The van der Waals surface area contributed by atoms with E-state index < -0.39 is 35.2 Å². The number of carbonyl (C=O) groups is 2. The molecule has 0 bridgehead atoms. The monoisotopic (exact) mass is 442 g/mol. The van der Waals surface area contributed by atoms with Crippen LogP contribution >= 0.6 is 0 Å². The Bertz CT molecular complexity index is 648. The summed E-state index contributed by atoms with van der Waals surface area (Å²) < 4.78 is 5.16. The van der Waals surface area contributed by atoms with Gasteiger partial charge in [0, 0.05) is 5.41 Å². The zero-order chi connectivity index (χ0) is 23.6. The maximum atomic E-state index is 11.6. The SMILES string of the molecule is C[C@@H](CCOC(=O)CCC(=O)O)CC[C@@]1(C)[C@H](C)CC[C@@]2(C)[C@@H]1C[C@H](O)[C@H](O)[C@@]2(C)O. The highest BCUT2D eigenvalue weighted by Gasteiger charge is 2.64. The Hall–Kier alpha value is -1.18. The molecule has 7 nitrogen and oxygen atoms in total. The molecule has 31 heavy (non-hydrogen) atoms. The highest BCUT2D eigenvalue weighted by molar-refractivity contribution is 5.76. The second kappa shape index (κ2) is 9.75. The zero-order valence-corrected chi connectivity index (χ0v) is 19.8. The fourth-order valence-electron chi connectivity index (χ4n) is 6.09. The number of rotatable bonds is 9. The molecule has 4 N–H and O–H groups in total. The minimum atomic E-state index is -1.34. The van der Waals surface area contributed by atoms with E-state index in [9.17, 15) is 24.9 Å². The Morgan fingerprint density at radius 2 is 1.77 bits per heavy atom. The second-order valence-electron chi connectivity index (χ2n) is 10.9. The summed E-state index contributed by atoms with van der Waals surface area (Å²) in [5.41, 5.74) is -1.88. The topological polar surface area (TPSA) is 124 Å². The molecule has 0 radical (unpaired) electrons. The lowest BCUT2D eigenvalue weighted by atomic mass is 9.42. The molecular formula is C24H42O7. The Labute approximate surface area is 186 Å². The molecule has 0 amide bonds. The van der Waals surface area contributed by atoms with Gasteiger partial charge in [-0.05, 0) is 62.2 Å². The van der Waals surface area contributed by atoms with Crippen molar-refractivity contribution in [2.45, 2.75) is 104 Å². The summed E-state index contributed by atoms with van der Waals surface area (Å²) in [6, 6.07) is 0. The van der Waals surface area contributed by atoms with Gasteiger partial charge in [0.05, 0.1) is 31.2 Å². The Balaban J connectivity index is 1.98. The van der Waals surface area contributed by atoms with Crippen molar-refractivity contribution in [3.8, 4) is 0 Å². The molecule has 2 aliphatic carbocycles. The standard InChI is InChI=1S/C24H42O7/c1-15(10-13-31-20(28)7-6-19(26)27)8-11-22(3)16(2)9-12-23(4)18(22)14-17(25)21(29)24(23,5)30/h15-18,21,25,29-30H,6-14H2,1-5H3,(H,26,27)/t15-,16-,17+,18-,21+,22+,23+,24-/m1/s1. The number of carboxylic acids is 1. The van der Waals surface area contributed by atoms with Crippen LogP contribution in [0.1, 0.15) is 86.0 Å². The van der Waals surface area contributed by atoms with Crippen LogP contribution in [-0.2, 0) is 14.3 Å². The van der Waals surface area contributed by atoms with Crippen molar-refractivity contribution in [2.75, 3.05) is 6.61 Å². The predicted molar refractivity (Wildman–Crippen MR) is 116 cm³/mol. The van der Waals surface area contributed by atoms with E-state index in [1.54, 1.807) is 6.92 Å². The molecule has 0 aromatic rings. The lowest BCUT2D eigenvalue weighted by Crippen LogP contribution is -2.68. The van der Waals surface area contributed by atoms with E-state index in [0.29, 0.717) is 24.7 Å². The summed E-state index contributed by atoms with van der Waals surface area (Å²) >= 11 is 0. The van der Waals surface area contributed by atoms with Crippen molar-refractivity contribution in [1.29, 1.82) is 0 Å². The van der Waals surface area contributed by atoms with Gasteiger partial charge in [0.25, 0.3) is 0 Å². The molecule has 2 rings (SSSR count). The fourth-order valence-corrected chi connectivity index (χ4v) is 6.09. The van der Waals surface area contributed by atoms with Crippen molar-refractivity contribution >= 4 is 11.9 Å². The fraction of sp³-hybridized carbons (Fsp3) is 0.917. The molecule has 0 aromatic carbocycles. The van der Waals surface area contributed by atoms with E-state index in [1.807, 2.05) is 0 Å². The molecule has 0 aromatic heterocycles. The van der Waals surface area contributed by atoms with Crippen LogP contribution in [0.3, 0.4) is 0 Å². The number of aliphatic hydroxyl groups excluding tert-OH is 2. The highest BCUT2D eigenvalue weighted by atomic mass is 16.5. The normalized spacial score (nSPS) is 41.3. The molecule has 0 unspecified atom stereocenters. The summed E-state index contributed by atoms with van der Waals surface area (Å²) in [7, 11) is 0. The number of fused-ring (bicyclic) bond motifs is 1. The number of carboxylic acid groups (broad SMARTS) is 1. The van der Waals surface area contributed by atoms with Crippen LogP contribution in [0.5, 0.6) is 0 Å². The third-order valence-electron chi connectivity index (χ3n) is 8.95. The van der Waals surface area contributed by atoms with Gasteiger partial charge >= 0.3 is 11.9 Å². The molecule has 2 saturated carbocycles. The molecular weight excluding hydrogens is 400 g/mol. The average molecular weight is 443 g/mol. The van der Waals surface area contributed by atoms with Gasteiger partial charge in [-0.25, -0.2) is 0 Å². The minimum Gasteiger partial charge on any atom is -0.481 e. The van der Waals surface area contributed by atoms with Crippen molar-refractivity contribution in [1.82, 2.24) is 0 Å². The van der Waals surface area contributed by atoms with Crippen LogP contribution in [0.2, 0.25) is 0 Å². The van der Waals surface area contributed by atoms with Crippen molar-refractivity contribution in [3.63, 3.8) is 0 Å². The van der Waals surface area contributed by atoms with E-state index >= 15 is 0 Å². The first-order valence-electron chi connectivity index (χ1n) is 11.7. The quantitative estimate of drug-likeness (QED) is 0.404. The molecule has 2 aliphatic rings. The summed E-state index contributed by atoms with van der Waals surface area (Å²) in [5, 5.41) is 40.9. The lowest BCUT2D eigenvalue weighted by Gasteiger charge is -2.64. The number of ether oxygens (including phenoxy) is 1. The largest absolute Gasteiger partial charge is 0.481 e. The van der Waals surface area contributed by atoms with E-state index in [0.717, 1.165) is 25.7 Å². The summed E-state index contributed by atoms with van der Waals surface area (Å²) in [6.45, 7) is 10.7. The van der Waals surface area contributed by atoms with Gasteiger partial charge in [-0.15, -0.1) is 0 Å². The molecule has 180 valence electrons. The second-order valence-corrected chi connectivity index (χ2v) is 10.9. The highest BCUT2D eigenvalue weighted by Crippen LogP contribution is 2.64. The van der Waals surface area contributed by atoms with E-state index in [-0.39, 0.29) is 30.8 Å². The van der Waals surface area contributed by atoms with Gasteiger partial charge in [0.2, 0.25) is 0 Å². The molecule has 8 atom stereocenters. The first kappa shape index (κ1) is 26.1. The summed E-state index contributed by atoms with van der Waals surface area (Å²) in [5.74, 6) is -0.631. The molecule has 7 heteroatoms. The zero-order valence-electron chi connectivity index (χ0n) is 19.8. The third-order valence-corrected chi connectivity index (χ3v) is 8.95. The van der Waals surface area contributed by atoms with E-state index in [2.05, 4.69) is 27.7 Å². The van der Waals surface area contributed by atoms with Crippen LogP contribution in [0.25, 0.3) is 0 Å². The van der Waals surface area contributed by atoms with Crippen LogP contribution < -0.4 is 0 Å². The molecule has 2 fully saturated rings.